The van der Waals surface area contributed by atoms with Crippen LogP contribution < -0.4 is 4.74 Å². The van der Waals surface area contributed by atoms with Gasteiger partial charge in [-0.3, -0.25) is 0 Å². The van der Waals surface area contributed by atoms with Crippen molar-refractivity contribution in [2.75, 3.05) is 11.5 Å². The van der Waals surface area contributed by atoms with Crippen LogP contribution in [0.2, 0.25) is 0 Å². The normalized spacial score (nSPS) is 23.5. The van der Waals surface area contributed by atoms with E-state index in [0.29, 0.717) is 12.0 Å². The Morgan fingerprint density at radius 3 is 2.50 bits per heavy atom. The number of halogens is 4. The molecule has 3 nitrogen and oxygen atoms in total. The monoisotopic (exact) mass is 372 g/mol. The Bertz CT molecular complexity index is 586. The minimum Gasteiger partial charge on any atom is -0.405 e. The molecule has 0 aliphatic carbocycles. The highest BCUT2D eigenvalue weighted by atomic mass is 79.9. The van der Waals surface area contributed by atoms with Crippen molar-refractivity contribution < 1.29 is 26.3 Å². The third-order valence-corrected chi connectivity index (χ3v) is 6.16. The lowest BCUT2D eigenvalue weighted by molar-refractivity contribution is -0.274. The zero-order valence-electron chi connectivity index (χ0n) is 10.2. The molecule has 2 unspecified atom stereocenters. The van der Waals surface area contributed by atoms with Gasteiger partial charge in [0.25, 0.3) is 0 Å². The molecule has 8 heteroatoms. The zero-order chi connectivity index (χ0) is 15.0. The molecule has 1 aromatic carbocycles. The van der Waals surface area contributed by atoms with E-state index in [1.807, 2.05) is 0 Å². The maximum atomic E-state index is 12.4. The smallest absolute Gasteiger partial charge is 0.405 e. The first-order valence-electron chi connectivity index (χ1n) is 5.87. The van der Waals surface area contributed by atoms with Gasteiger partial charge in [0.1, 0.15) is 5.75 Å². The molecule has 1 aliphatic heterocycles. The highest BCUT2D eigenvalue weighted by Gasteiger charge is 2.37. The molecule has 0 N–H and O–H groups in total. The molecule has 1 aromatic rings. The SMILES string of the molecule is O=S1(=O)CCC(C(Br)c2ccccc2OC(F)(F)F)C1. The molecule has 1 heterocycles. The van der Waals surface area contributed by atoms with Crippen LogP contribution in [0.3, 0.4) is 0 Å². The van der Waals surface area contributed by atoms with E-state index in [-0.39, 0.29) is 23.2 Å². The summed E-state index contributed by atoms with van der Waals surface area (Å²) in [5.41, 5.74) is 0.312. The van der Waals surface area contributed by atoms with Crippen molar-refractivity contribution in [3.05, 3.63) is 29.8 Å². The molecule has 112 valence electrons. The van der Waals surface area contributed by atoms with Crippen LogP contribution in [-0.4, -0.2) is 26.3 Å². The molecular formula is C12H12BrF3O3S. The molecule has 1 aliphatic rings. The fraction of sp³-hybridized carbons (Fsp3) is 0.500. The predicted molar refractivity (Wildman–Crippen MR) is 71.6 cm³/mol. The first-order valence-corrected chi connectivity index (χ1v) is 8.61. The van der Waals surface area contributed by atoms with E-state index in [1.165, 1.54) is 18.2 Å². The van der Waals surface area contributed by atoms with Crippen molar-refractivity contribution in [3.8, 4) is 5.75 Å². The Morgan fingerprint density at radius 1 is 1.30 bits per heavy atom. The van der Waals surface area contributed by atoms with Crippen LogP contribution in [0.15, 0.2) is 24.3 Å². The molecule has 1 saturated heterocycles. The van der Waals surface area contributed by atoms with E-state index in [9.17, 15) is 21.6 Å². The van der Waals surface area contributed by atoms with Crippen molar-refractivity contribution in [2.45, 2.75) is 17.6 Å². The van der Waals surface area contributed by atoms with E-state index in [2.05, 4.69) is 20.7 Å². The fourth-order valence-corrected chi connectivity index (χ4v) is 5.15. The number of ether oxygens (including phenoxy) is 1. The van der Waals surface area contributed by atoms with Crippen LogP contribution in [0.25, 0.3) is 0 Å². The number of rotatable bonds is 3. The molecule has 2 atom stereocenters. The third-order valence-electron chi connectivity index (χ3n) is 3.12. The maximum absolute atomic E-state index is 12.4. The topological polar surface area (TPSA) is 43.4 Å². The highest BCUT2D eigenvalue weighted by molar-refractivity contribution is 9.09. The Morgan fingerprint density at radius 2 is 1.95 bits per heavy atom. The summed E-state index contributed by atoms with van der Waals surface area (Å²) in [6, 6.07) is 5.76. The minimum absolute atomic E-state index is 0.0245. The first kappa shape index (κ1) is 15.6. The number of benzene rings is 1. The number of para-hydroxylation sites is 1. The molecule has 0 amide bonds. The lowest BCUT2D eigenvalue weighted by Crippen LogP contribution is -2.19. The molecular weight excluding hydrogens is 361 g/mol. The van der Waals surface area contributed by atoms with Crippen LogP contribution in [-0.2, 0) is 9.84 Å². The predicted octanol–water partition coefficient (Wildman–Crippen LogP) is 3.46. The third kappa shape index (κ3) is 3.88. The van der Waals surface area contributed by atoms with Gasteiger partial charge in [-0.1, -0.05) is 34.1 Å². The summed E-state index contributed by atoms with van der Waals surface area (Å²) in [5, 5.41) is 0. The second-order valence-corrected chi connectivity index (χ2v) is 7.87. The van der Waals surface area contributed by atoms with Gasteiger partial charge >= 0.3 is 6.36 Å². The Hall–Kier alpha value is -0.760. The summed E-state index contributed by atoms with van der Waals surface area (Å²) in [5.74, 6) is -0.505. The van der Waals surface area contributed by atoms with E-state index in [1.54, 1.807) is 6.07 Å². The average molecular weight is 373 g/mol. The summed E-state index contributed by atoms with van der Waals surface area (Å²) >= 11 is 3.31. The van der Waals surface area contributed by atoms with Gasteiger partial charge in [0.2, 0.25) is 0 Å². The van der Waals surface area contributed by atoms with Crippen LogP contribution in [0.1, 0.15) is 16.8 Å². The van der Waals surface area contributed by atoms with Crippen LogP contribution >= 0.6 is 15.9 Å². The van der Waals surface area contributed by atoms with E-state index in [4.69, 9.17) is 0 Å². The van der Waals surface area contributed by atoms with Crippen LogP contribution in [0, 0.1) is 5.92 Å². The van der Waals surface area contributed by atoms with Gasteiger partial charge in [-0.05, 0) is 18.4 Å². The number of sulfone groups is 1. The second-order valence-electron chi connectivity index (χ2n) is 4.65. The van der Waals surface area contributed by atoms with Crippen molar-refractivity contribution in [1.29, 1.82) is 0 Å². The number of hydrogen-bond donors (Lipinski definition) is 0. The number of alkyl halides is 4. The molecule has 0 bridgehead atoms. The largest absolute Gasteiger partial charge is 0.573 e. The molecule has 0 aromatic heterocycles. The van der Waals surface area contributed by atoms with Crippen molar-refractivity contribution in [1.82, 2.24) is 0 Å². The molecule has 0 spiro atoms. The molecule has 2 rings (SSSR count). The summed E-state index contributed by atoms with van der Waals surface area (Å²) in [7, 11) is -3.09. The average Bonchev–Trinajstić information content (AvgIpc) is 2.67. The van der Waals surface area contributed by atoms with Gasteiger partial charge in [-0.2, -0.15) is 0 Å². The van der Waals surface area contributed by atoms with E-state index < -0.39 is 21.0 Å². The van der Waals surface area contributed by atoms with E-state index in [0.717, 1.165) is 0 Å². The first-order chi connectivity index (χ1) is 9.18. The van der Waals surface area contributed by atoms with Gasteiger partial charge in [-0.25, -0.2) is 8.42 Å². The van der Waals surface area contributed by atoms with Crippen LogP contribution in [0.4, 0.5) is 13.2 Å². The van der Waals surface area contributed by atoms with Crippen LogP contribution in [0.5, 0.6) is 5.75 Å². The van der Waals surface area contributed by atoms with E-state index >= 15 is 0 Å². The minimum atomic E-state index is -4.77. The molecule has 20 heavy (non-hydrogen) atoms. The summed E-state index contributed by atoms with van der Waals surface area (Å²) in [4.78, 5) is -0.488. The Kier molecular flexibility index (Phi) is 4.34. The molecule has 1 fully saturated rings. The maximum Gasteiger partial charge on any atom is 0.573 e. The fourth-order valence-electron chi connectivity index (χ4n) is 2.23. The van der Waals surface area contributed by atoms with Crippen molar-refractivity contribution >= 4 is 25.8 Å². The van der Waals surface area contributed by atoms with Gasteiger partial charge in [0.05, 0.1) is 11.5 Å². The lowest BCUT2D eigenvalue weighted by atomic mass is 9.98. The van der Waals surface area contributed by atoms with Crippen molar-refractivity contribution in [2.24, 2.45) is 5.92 Å². The van der Waals surface area contributed by atoms with Gasteiger partial charge in [-0.15, -0.1) is 13.2 Å². The Labute approximate surface area is 123 Å². The van der Waals surface area contributed by atoms with Crippen molar-refractivity contribution in [3.63, 3.8) is 0 Å². The lowest BCUT2D eigenvalue weighted by Gasteiger charge is -2.20. The molecule has 0 radical (unpaired) electrons. The zero-order valence-corrected chi connectivity index (χ0v) is 12.6. The Balaban J connectivity index is 2.24. The summed E-state index contributed by atoms with van der Waals surface area (Å²) < 4.78 is 64.0. The van der Waals surface area contributed by atoms with Gasteiger partial charge < -0.3 is 4.74 Å². The van der Waals surface area contributed by atoms with Gasteiger partial charge in [0, 0.05) is 10.4 Å². The highest BCUT2D eigenvalue weighted by Crippen LogP contribution is 2.42. The quantitative estimate of drug-likeness (QED) is 0.763. The standard InChI is InChI=1S/C12H12BrF3O3S/c13-11(8-5-6-20(17,18)7-8)9-3-1-2-4-10(9)19-12(14,15)16/h1-4,8,11H,5-7H2. The second kappa shape index (κ2) is 5.55. The molecule has 0 saturated carbocycles. The number of hydrogen-bond acceptors (Lipinski definition) is 3. The summed E-state index contributed by atoms with van der Waals surface area (Å²) in [6.45, 7) is 0. The van der Waals surface area contributed by atoms with Gasteiger partial charge in [0.15, 0.2) is 9.84 Å². The summed E-state index contributed by atoms with van der Waals surface area (Å²) in [6.07, 6.45) is -4.34.